The van der Waals surface area contributed by atoms with Crippen molar-refractivity contribution < 1.29 is 26.8 Å². The van der Waals surface area contributed by atoms with Gasteiger partial charge in [0.1, 0.15) is 11.6 Å². The van der Waals surface area contributed by atoms with Gasteiger partial charge in [-0.05, 0) is 18.6 Å². The second-order valence-electron chi connectivity index (χ2n) is 6.11. The molecule has 0 spiro atoms. The van der Waals surface area contributed by atoms with E-state index in [1.165, 1.54) is 0 Å². The number of hydrogen-bond acceptors (Lipinski definition) is 4. The molecule has 0 aliphatic carbocycles. The van der Waals surface area contributed by atoms with Crippen LogP contribution in [0, 0.1) is 17.6 Å². The first-order chi connectivity index (χ1) is 11.2. The molecular weight excluding hydrogens is 342 g/mol. The Balaban J connectivity index is 1.67. The first-order valence-electron chi connectivity index (χ1n) is 7.51. The summed E-state index contributed by atoms with van der Waals surface area (Å²) in [5.74, 6) is -3.23. The lowest BCUT2D eigenvalue weighted by Crippen LogP contribution is -2.40. The third-order valence-electron chi connectivity index (χ3n) is 4.28. The first kappa shape index (κ1) is 16.8. The Morgan fingerprint density at radius 1 is 1.29 bits per heavy atom. The molecule has 1 aromatic rings. The minimum absolute atomic E-state index is 0.0211. The molecule has 1 N–H and O–H groups in total. The summed E-state index contributed by atoms with van der Waals surface area (Å²) in [6.07, 6.45) is 0.257. The fourth-order valence-corrected chi connectivity index (χ4v) is 4.72. The molecule has 2 atom stereocenters. The van der Waals surface area contributed by atoms with Crippen molar-refractivity contribution in [2.45, 2.75) is 18.9 Å². The number of amides is 2. The Kier molecular flexibility index (Phi) is 4.29. The van der Waals surface area contributed by atoms with E-state index in [0.717, 1.165) is 17.0 Å². The number of nitrogens with zero attached hydrogens (tertiary/aromatic N) is 1. The Bertz CT molecular complexity index is 797. The minimum Gasteiger partial charge on any atom is -0.352 e. The van der Waals surface area contributed by atoms with Crippen LogP contribution < -0.4 is 10.2 Å². The largest absolute Gasteiger partial charge is 0.352 e. The summed E-state index contributed by atoms with van der Waals surface area (Å²) in [6.45, 7) is -0.0211. The monoisotopic (exact) mass is 358 g/mol. The third-order valence-corrected chi connectivity index (χ3v) is 6.04. The van der Waals surface area contributed by atoms with Crippen molar-refractivity contribution in [1.82, 2.24) is 5.32 Å². The van der Waals surface area contributed by atoms with Gasteiger partial charge in [-0.3, -0.25) is 9.59 Å². The summed E-state index contributed by atoms with van der Waals surface area (Å²) in [7, 11) is -3.12. The predicted molar refractivity (Wildman–Crippen MR) is 82.0 cm³/mol. The van der Waals surface area contributed by atoms with E-state index in [4.69, 9.17) is 0 Å². The summed E-state index contributed by atoms with van der Waals surface area (Å²) < 4.78 is 49.6. The predicted octanol–water partition coefficient (Wildman–Crippen LogP) is 0.621. The maximum absolute atomic E-state index is 13.8. The van der Waals surface area contributed by atoms with Gasteiger partial charge in [-0.2, -0.15) is 0 Å². The van der Waals surface area contributed by atoms with E-state index in [-0.39, 0.29) is 30.2 Å². The molecule has 0 aromatic heterocycles. The van der Waals surface area contributed by atoms with Gasteiger partial charge in [-0.25, -0.2) is 17.2 Å². The van der Waals surface area contributed by atoms with Gasteiger partial charge in [0.2, 0.25) is 11.8 Å². The number of rotatable bonds is 3. The Morgan fingerprint density at radius 3 is 2.67 bits per heavy atom. The Morgan fingerprint density at radius 2 is 2.04 bits per heavy atom. The van der Waals surface area contributed by atoms with Crippen LogP contribution >= 0.6 is 0 Å². The van der Waals surface area contributed by atoms with Crippen LogP contribution in [0.25, 0.3) is 0 Å². The van der Waals surface area contributed by atoms with Crippen molar-refractivity contribution in [1.29, 1.82) is 0 Å². The van der Waals surface area contributed by atoms with Gasteiger partial charge in [0.25, 0.3) is 0 Å². The lowest BCUT2D eigenvalue weighted by Gasteiger charge is -2.18. The second-order valence-corrected chi connectivity index (χ2v) is 8.34. The highest BCUT2D eigenvalue weighted by Crippen LogP contribution is 2.28. The number of nitrogens with one attached hydrogen (secondary N) is 1. The summed E-state index contributed by atoms with van der Waals surface area (Å²) >= 11 is 0. The van der Waals surface area contributed by atoms with Crippen LogP contribution in [-0.4, -0.2) is 44.3 Å². The van der Waals surface area contributed by atoms with Crippen molar-refractivity contribution in [3.63, 3.8) is 0 Å². The van der Waals surface area contributed by atoms with Gasteiger partial charge in [-0.1, -0.05) is 0 Å². The highest BCUT2D eigenvalue weighted by atomic mass is 32.2. The molecule has 130 valence electrons. The number of benzene rings is 1. The van der Waals surface area contributed by atoms with Crippen LogP contribution in [0.1, 0.15) is 12.8 Å². The zero-order valence-electron chi connectivity index (χ0n) is 12.7. The van der Waals surface area contributed by atoms with E-state index in [2.05, 4.69) is 5.32 Å². The van der Waals surface area contributed by atoms with Crippen molar-refractivity contribution in [2.75, 3.05) is 23.0 Å². The van der Waals surface area contributed by atoms with Crippen LogP contribution in [0.3, 0.4) is 0 Å². The van der Waals surface area contributed by atoms with Crippen LogP contribution in [0.15, 0.2) is 18.2 Å². The van der Waals surface area contributed by atoms with Crippen LogP contribution in [-0.2, 0) is 19.4 Å². The summed E-state index contributed by atoms with van der Waals surface area (Å²) in [5.41, 5.74) is -0.0693. The molecule has 9 heteroatoms. The van der Waals surface area contributed by atoms with E-state index in [0.29, 0.717) is 12.5 Å². The molecule has 2 fully saturated rings. The summed E-state index contributed by atoms with van der Waals surface area (Å²) in [6, 6.07) is 2.43. The lowest BCUT2D eigenvalue weighted by molar-refractivity contribution is -0.126. The van der Waals surface area contributed by atoms with Crippen molar-refractivity contribution >= 4 is 27.3 Å². The molecule has 2 unspecified atom stereocenters. The van der Waals surface area contributed by atoms with Gasteiger partial charge >= 0.3 is 0 Å². The topological polar surface area (TPSA) is 83.5 Å². The third kappa shape index (κ3) is 3.40. The highest BCUT2D eigenvalue weighted by Gasteiger charge is 2.38. The number of halogens is 2. The van der Waals surface area contributed by atoms with E-state index >= 15 is 0 Å². The lowest BCUT2D eigenvalue weighted by atomic mass is 10.1. The number of hydrogen-bond donors (Lipinski definition) is 1. The molecule has 0 saturated carbocycles. The summed E-state index contributed by atoms with van der Waals surface area (Å²) in [5, 5.41) is 2.64. The normalized spacial score (nSPS) is 25.9. The molecule has 0 radical (unpaired) electrons. The first-order valence-corrected chi connectivity index (χ1v) is 9.33. The standard InChI is InChI=1S/C15H16F2N2O4S/c16-10-1-2-13(12(17)6-10)19-7-9(5-14(19)20)15(21)18-11-3-4-24(22,23)8-11/h1-2,6,9,11H,3-5,7-8H2,(H,18,21). The Hall–Kier alpha value is -2.03. The summed E-state index contributed by atoms with van der Waals surface area (Å²) in [4.78, 5) is 25.4. The Labute approximate surface area is 137 Å². The van der Waals surface area contributed by atoms with Gasteiger partial charge < -0.3 is 10.2 Å². The van der Waals surface area contributed by atoms with Crippen molar-refractivity contribution in [3.05, 3.63) is 29.8 Å². The van der Waals surface area contributed by atoms with Gasteiger partial charge in [0, 0.05) is 25.1 Å². The number of sulfone groups is 1. The maximum atomic E-state index is 13.8. The van der Waals surface area contributed by atoms with Crippen LogP contribution in [0.5, 0.6) is 0 Å². The molecule has 24 heavy (non-hydrogen) atoms. The SMILES string of the molecule is O=C(NC1CCS(=O)(=O)C1)C1CC(=O)N(c2ccc(F)cc2F)C1. The van der Waals surface area contributed by atoms with E-state index < -0.39 is 45.2 Å². The molecule has 2 aliphatic heterocycles. The fraction of sp³-hybridized carbons (Fsp3) is 0.467. The van der Waals surface area contributed by atoms with E-state index in [9.17, 15) is 26.8 Å². The van der Waals surface area contributed by atoms with Crippen molar-refractivity contribution in [2.24, 2.45) is 5.92 Å². The van der Waals surface area contributed by atoms with Crippen LogP contribution in [0.2, 0.25) is 0 Å². The van der Waals surface area contributed by atoms with E-state index in [1.54, 1.807) is 0 Å². The molecular formula is C15H16F2N2O4S. The van der Waals surface area contributed by atoms with Gasteiger partial charge in [0.15, 0.2) is 9.84 Å². The zero-order valence-corrected chi connectivity index (χ0v) is 13.5. The average molecular weight is 358 g/mol. The molecule has 2 aliphatic rings. The maximum Gasteiger partial charge on any atom is 0.227 e. The molecule has 0 bridgehead atoms. The highest BCUT2D eigenvalue weighted by molar-refractivity contribution is 7.91. The van der Waals surface area contributed by atoms with Gasteiger partial charge in [0.05, 0.1) is 23.1 Å². The molecule has 2 saturated heterocycles. The molecule has 3 rings (SSSR count). The average Bonchev–Trinajstić information content (AvgIpc) is 3.02. The zero-order chi connectivity index (χ0) is 17.5. The van der Waals surface area contributed by atoms with Crippen LogP contribution in [0.4, 0.5) is 14.5 Å². The number of anilines is 1. The minimum atomic E-state index is -3.12. The number of carbonyl (C=O) groups excluding carboxylic acids is 2. The smallest absolute Gasteiger partial charge is 0.227 e. The molecule has 2 amide bonds. The van der Waals surface area contributed by atoms with Gasteiger partial charge in [-0.15, -0.1) is 0 Å². The molecule has 1 aromatic carbocycles. The quantitative estimate of drug-likeness (QED) is 0.859. The van der Waals surface area contributed by atoms with E-state index in [1.807, 2.05) is 0 Å². The molecule has 2 heterocycles. The number of carbonyl (C=O) groups is 2. The second kappa shape index (κ2) is 6.12. The molecule has 6 nitrogen and oxygen atoms in total. The fourth-order valence-electron chi connectivity index (χ4n) is 3.04. The van der Waals surface area contributed by atoms with Crippen molar-refractivity contribution in [3.8, 4) is 0 Å².